The molecule has 3 heteroatoms. The number of piperazine rings is 1. The molecule has 0 aromatic heterocycles. The lowest BCUT2D eigenvalue weighted by Crippen LogP contribution is -2.50. The molecule has 1 saturated heterocycles. The Morgan fingerprint density at radius 1 is 1.07 bits per heavy atom. The van der Waals surface area contributed by atoms with Gasteiger partial charge in [0.1, 0.15) is 0 Å². The molecule has 0 atom stereocenters. The van der Waals surface area contributed by atoms with Gasteiger partial charge >= 0.3 is 0 Å². The Balaban J connectivity index is 2.22. The number of aliphatic hydroxyl groups is 1. The van der Waals surface area contributed by atoms with Crippen LogP contribution in [-0.2, 0) is 0 Å². The van der Waals surface area contributed by atoms with E-state index in [1.54, 1.807) is 0 Å². The van der Waals surface area contributed by atoms with Crippen molar-refractivity contribution in [2.45, 2.75) is 39.2 Å². The van der Waals surface area contributed by atoms with Gasteiger partial charge in [-0.15, -0.1) is 0 Å². The molecule has 0 unspecified atom stereocenters. The maximum atomic E-state index is 8.78. The first kappa shape index (κ1) is 12.9. The molecule has 1 rings (SSSR count). The van der Waals surface area contributed by atoms with Gasteiger partial charge in [-0.1, -0.05) is 13.8 Å². The third-order valence-electron chi connectivity index (χ3n) is 3.50. The van der Waals surface area contributed by atoms with Gasteiger partial charge in [0.15, 0.2) is 0 Å². The van der Waals surface area contributed by atoms with Gasteiger partial charge in [-0.05, 0) is 19.3 Å². The molecule has 1 heterocycles. The lowest BCUT2D eigenvalue weighted by atomic mass is 10.1. The van der Waals surface area contributed by atoms with Gasteiger partial charge in [0.25, 0.3) is 0 Å². The largest absolute Gasteiger partial charge is 0.396 e. The molecule has 1 N–H and O–H groups in total. The van der Waals surface area contributed by atoms with Crippen LogP contribution >= 0.6 is 0 Å². The van der Waals surface area contributed by atoms with Crippen LogP contribution in [0, 0.1) is 0 Å². The van der Waals surface area contributed by atoms with E-state index in [0.29, 0.717) is 6.61 Å². The molecule has 0 saturated carbocycles. The van der Waals surface area contributed by atoms with E-state index in [4.69, 9.17) is 5.11 Å². The SMILES string of the molecule is CCC(CC)N1CCN(CCCO)CC1. The van der Waals surface area contributed by atoms with E-state index in [9.17, 15) is 0 Å². The van der Waals surface area contributed by atoms with Crippen molar-refractivity contribution < 1.29 is 5.11 Å². The molecule has 0 amide bonds. The van der Waals surface area contributed by atoms with Crippen LogP contribution in [0.15, 0.2) is 0 Å². The monoisotopic (exact) mass is 214 g/mol. The van der Waals surface area contributed by atoms with E-state index in [1.807, 2.05) is 0 Å². The van der Waals surface area contributed by atoms with Gasteiger partial charge < -0.3 is 10.0 Å². The number of hydrogen-bond donors (Lipinski definition) is 1. The van der Waals surface area contributed by atoms with E-state index >= 15 is 0 Å². The topological polar surface area (TPSA) is 26.7 Å². The highest BCUT2D eigenvalue weighted by Crippen LogP contribution is 2.11. The maximum Gasteiger partial charge on any atom is 0.0443 e. The van der Waals surface area contributed by atoms with Crippen molar-refractivity contribution in [3.05, 3.63) is 0 Å². The average molecular weight is 214 g/mol. The zero-order chi connectivity index (χ0) is 11.1. The van der Waals surface area contributed by atoms with E-state index in [1.165, 1.54) is 39.0 Å². The molecule has 3 nitrogen and oxygen atoms in total. The predicted octanol–water partition coefficient (Wildman–Crippen LogP) is 1.18. The van der Waals surface area contributed by atoms with Crippen LogP contribution in [0.25, 0.3) is 0 Å². The molecular weight excluding hydrogens is 188 g/mol. The van der Waals surface area contributed by atoms with Gasteiger partial charge in [0.2, 0.25) is 0 Å². The summed E-state index contributed by atoms with van der Waals surface area (Å²) in [7, 11) is 0. The van der Waals surface area contributed by atoms with Crippen molar-refractivity contribution in [1.29, 1.82) is 0 Å². The Labute approximate surface area is 94.1 Å². The average Bonchev–Trinajstić information content (AvgIpc) is 2.29. The minimum Gasteiger partial charge on any atom is -0.396 e. The molecule has 1 aliphatic rings. The van der Waals surface area contributed by atoms with Crippen LogP contribution in [0.5, 0.6) is 0 Å². The highest BCUT2D eigenvalue weighted by atomic mass is 16.3. The van der Waals surface area contributed by atoms with Crippen LogP contribution in [0.1, 0.15) is 33.1 Å². The second kappa shape index (κ2) is 7.20. The fourth-order valence-corrected chi connectivity index (χ4v) is 2.45. The first-order valence-corrected chi connectivity index (χ1v) is 6.39. The lowest BCUT2D eigenvalue weighted by molar-refractivity contribution is 0.0879. The Kier molecular flexibility index (Phi) is 6.22. The number of hydrogen-bond acceptors (Lipinski definition) is 3. The van der Waals surface area contributed by atoms with Crippen LogP contribution in [0.4, 0.5) is 0 Å². The van der Waals surface area contributed by atoms with Gasteiger partial charge in [0, 0.05) is 45.4 Å². The summed E-state index contributed by atoms with van der Waals surface area (Å²) in [6.07, 6.45) is 3.46. The number of rotatable bonds is 6. The molecule has 1 aliphatic heterocycles. The highest BCUT2D eigenvalue weighted by molar-refractivity contribution is 4.77. The van der Waals surface area contributed by atoms with Crippen molar-refractivity contribution in [2.75, 3.05) is 39.3 Å². The summed E-state index contributed by atoms with van der Waals surface area (Å²) < 4.78 is 0. The summed E-state index contributed by atoms with van der Waals surface area (Å²) in [5.41, 5.74) is 0. The summed E-state index contributed by atoms with van der Waals surface area (Å²) in [5, 5.41) is 8.78. The third-order valence-corrected chi connectivity index (χ3v) is 3.50. The highest BCUT2D eigenvalue weighted by Gasteiger charge is 2.20. The summed E-state index contributed by atoms with van der Waals surface area (Å²) >= 11 is 0. The standard InChI is InChI=1S/C12H26N2O/c1-3-12(4-2)14-9-7-13(8-10-14)6-5-11-15/h12,15H,3-11H2,1-2H3. The van der Waals surface area contributed by atoms with Crippen LogP contribution in [0.2, 0.25) is 0 Å². The van der Waals surface area contributed by atoms with Crippen molar-refractivity contribution in [3.8, 4) is 0 Å². The van der Waals surface area contributed by atoms with Crippen molar-refractivity contribution in [3.63, 3.8) is 0 Å². The molecule has 90 valence electrons. The van der Waals surface area contributed by atoms with Crippen molar-refractivity contribution in [2.24, 2.45) is 0 Å². The molecule has 0 spiro atoms. The van der Waals surface area contributed by atoms with Crippen molar-refractivity contribution >= 4 is 0 Å². The minimum atomic E-state index is 0.326. The van der Waals surface area contributed by atoms with Gasteiger partial charge in [-0.2, -0.15) is 0 Å². The van der Waals surface area contributed by atoms with Crippen molar-refractivity contribution in [1.82, 2.24) is 9.80 Å². The molecule has 15 heavy (non-hydrogen) atoms. The molecule has 0 aromatic rings. The van der Waals surface area contributed by atoms with Crippen LogP contribution in [-0.4, -0.2) is 60.3 Å². The quantitative estimate of drug-likeness (QED) is 0.719. The Hall–Kier alpha value is -0.120. The van der Waals surface area contributed by atoms with Gasteiger partial charge in [-0.3, -0.25) is 4.90 Å². The lowest BCUT2D eigenvalue weighted by Gasteiger charge is -2.38. The minimum absolute atomic E-state index is 0.326. The smallest absolute Gasteiger partial charge is 0.0443 e. The van der Waals surface area contributed by atoms with Crippen LogP contribution in [0.3, 0.4) is 0 Å². The summed E-state index contributed by atoms with van der Waals surface area (Å²) in [6, 6.07) is 0.782. The maximum absolute atomic E-state index is 8.78. The molecule has 0 bridgehead atoms. The van der Waals surface area contributed by atoms with Gasteiger partial charge in [-0.25, -0.2) is 0 Å². The number of aliphatic hydroxyl groups excluding tert-OH is 1. The van der Waals surface area contributed by atoms with E-state index in [2.05, 4.69) is 23.6 Å². The van der Waals surface area contributed by atoms with E-state index in [0.717, 1.165) is 19.0 Å². The molecule has 0 aromatic carbocycles. The predicted molar refractivity (Wildman–Crippen MR) is 64.1 cm³/mol. The van der Waals surface area contributed by atoms with Crippen LogP contribution < -0.4 is 0 Å². The fourth-order valence-electron chi connectivity index (χ4n) is 2.45. The molecule has 1 fully saturated rings. The zero-order valence-corrected chi connectivity index (χ0v) is 10.3. The Bertz CT molecular complexity index is 152. The molecular formula is C12H26N2O. The second-order valence-electron chi connectivity index (χ2n) is 4.43. The fraction of sp³-hybridized carbons (Fsp3) is 1.00. The zero-order valence-electron chi connectivity index (χ0n) is 10.3. The second-order valence-corrected chi connectivity index (χ2v) is 4.43. The normalized spacial score (nSPS) is 20.0. The van der Waals surface area contributed by atoms with E-state index in [-0.39, 0.29) is 0 Å². The van der Waals surface area contributed by atoms with Gasteiger partial charge in [0.05, 0.1) is 0 Å². The third kappa shape index (κ3) is 4.09. The first-order valence-electron chi connectivity index (χ1n) is 6.39. The Morgan fingerprint density at radius 3 is 2.13 bits per heavy atom. The summed E-state index contributed by atoms with van der Waals surface area (Å²) in [4.78, 5) is 5.09. The first-order chi connectivity index (χ1) is 7.31. The van der Waals surface area contributed by atoms with E-state index < -0.39 is 0 Å². The molecule has 0 radical (unpaired) electrons. The Morgan fingerprint density at radius 2 is 1.67 bits per heavy atom. The number of nitrogens with zero attached hydrogens (tertiary/aromatic N) is 2. The molecule has 0 aliphatic carbocycles. The summed E-state index contributed by atoms with van der Waals surface area (Å²) in [5.74, 6) is 0. The summed E-state index contributed by atoms with van der Waals surface area (Å²) in [6.45, 7) is 10.7.